The van der Waals surface area contributed by atoms with E-state index in [0.29, 0.717) is 5.02 Å². The minimum absolute atomic E-state index is 0.704. The summed E-state index contributed by atoms with van der Waals surface area (Å²) in [4.78, 5) is 0. The largest absolute Gasteiger partial charge is 0.324 e. The van der Waals surface area contributed by atoms with E-state index in [1.54, 1.807) is 0 Å². The number of rotatable bonds is 3. The molecule has 0 amide bonds. The Morgan fingerprint density at radius 3 is 2.29 bits per heavy atom. The Labute approximate surface area is 110 Å². The van der Waals surface area contributed by atoms with Gasteiger partial charge in [0, 0.05) is 15.7 Å². The van der Waals surface area contributed by atoms with Crippen molar-refractivity contribution < 1.29 is 0 Å². The summed E-state index contributed by atoms with van der Waals surface area (Å²) in [5.41, 5.74) is 5.60. The van der Waals surface area contributed by atoms with Crippen LogP contribution in [0.1, 0.15) is 11.1 Å². The first-order chi connectivity index (χ1) is 8.19. The molecule has 0 aliphatic carbocycles. The van der Waals surface area contributed by atoms with E-state index in [1.807, 2.05) is 42.5 Å². The fraction of sp³-hybridized carbons (Fsp3) is 0.0769. The zero-order chi connectivity index (χ0) is 12.3. The number of hydrogen-bond acceptors (Lipinski definition) is 2. The van der Waals surface area contributed by atoms with Gasteiger partial charge >= 0.3 is 0 Å². The lowest BCUT2D eigenvalue weighted by molar-refractivity contribution is 1.19. The van der Waals surface area contributed by atoms with E-state index in [9.17, 15) is 0 Å². The minimum atomic E-state index is 0.704. The number of nitrogens with two attached hydrogens (primary N) is 1. The van der Waals surface area contributed by atoms with E-state index >= 15 is 0 Å². The van der Waals surface area contributed by atoms with Gasteiger partial charge in [0.2, 0.25) is 0 Å². The summed E-state index contributed by atoms with van der Waals surface area (Å²) in [6, 6.07) is 13.4. The third kappa shape index (κ3) is 3.13. The molecule has 0 saturated carbocycles. The lowest BCUT2D eigenvalue weighted by atomic mass is 10.0. The second kappa shape index (κ2) is 5.41. The Kier molecular flexibility index (Phi) is 3.89. The number of halogens is 2. The topological polar surface area (TPSA) is 38.0 Å². The van der Waals surface area contributed by atoms with Gasteiger partial charge in [-0.25, -0.2) is 0 Å². The zero-order valence-corrected chi connectivity index (χ0v) is 10.6. The van der Waals surface area contributed by atoms with Gasteiger partial charge in [0.05, 0.1) is 0 Å². The molecule has 0 radical (unpaired) electrons. The second-order valence-corrected chi connectivity index (χ2v) is 4.60. The van der Waals surface area contributed by atoms with Gasteiger partial charge in [0.25, 0.3) is 0 Å². The van der Waals surface area contributed by atoms with Crippen LogP contribution >= 0.6 is 23.2 Å². The van der Waals surface area contributed by atoms with Crippen LogP contribution in [0.4, 0.5) is 5.69 Å². The average molecular weight is 267 g/mol. The lowest BCUT2D eigenvalue weighted by Gasteiger charge is -2.07. The highest BCUT2D eigenvalue weighted by molar-refractivity contribution is 6.31. The van der Waals surface area contributed by atoms with Gasteiger partial charge in [0.15, 0.2) is 0 Å². The molecule has 17 heavy (non-hydrogen) atoms. The molecular weight excluding hydrogens is 255 g/mol. The minimum Gasteiger partial charge on any atom is -0.324 e. The molecule has 2 nitrogen and oxygen atoms in total. The van der Waals surface area contributed by atoms with E-state index in [2.05, 4.69) is 5.43 Å². The number of hydrazine groups is 1. The highest BCUT2D eigenvalue weighted by Gasteiger charge is 2.03. The molecule has 2 aromatic rings. The molecule has 0 fully saturated rings. The van der Waals surface area contributed by atoms with Crippen molar-refractivity contribution in [2.75, 3.05) is 5.43 Å². The van der Waals surface area contributed by atoms with Crippen molar-refractivity contribution in [1.82, 2.24) is 0 Å². The van der Waals surface area contributed by atoms with Gasteiger partial charge < -0.3 is 5.43 Å². The Morgan fingerprint density at radius 1 is 1.00 bits per heavy atom. The summed E-state index contributed by atoms with van der Waals surface area (Å²) < 4.78 is 0. The maximum Gasteiger partial charge on any atom is 0.0500 e. The molecule has 0 heterocycles. The first-order valence-electron chi connectivity index (χ1n) is 5.18. The molecule has 4 heteroatoms. The fourth-order valence-electron chi connectivity index (χ4n) is 1.60. The second-order valence-electron chi connectivity index (χ2n) is 3.75. The van der Waals surface area contributed by atoms with Crippen LogP contribution in [0.25, 0.3) is 0 Å². The third-order valence-corrected chi connectivity index (χ3v) is 3.13. The standard InChI is InChI=1S/C13H12Cl2N2/c14-11-4-1-9(2-5-11)7-10-3-6-12(17-16)8-13(10)15/h1-6,8,17H,7,16H2. The molecule has 2 aromatic carbocycles. The SMILES string of the molecule is NNc1ccc(Cc2ccc(Cl)cc2)c(Cl)c1. The summed E-state index contributed by atoms with van der Waals surface area (Å²) in [5, 5.41) is 1.44. The third-order valence-electron chi connectivity index (χ3n) is 2.53. The normalized spacial score (nSPS) is 10.3. The van der Waals surface area contributed by atoms with Gasteiger partial charge in [-0.1, -0.05) is 41.4 Å². The molecule has 0 spiro atoms. The van der Waals surface area contributed by atoms with E-state index < -0.39 is 0 Å². The highest BCUT2D eigenvalue weighted by Crippen LogP contribution is 2.23. The van der Waals surface area contributed by atoms with Crippen LogP contribution in [0.15, 0.2) is 42.5 Å². The van der Waals surface area contributed by atoms with E-state index in [0.717, 1.165) is 22.7 Å². The fourth-order valence-corrected chi connectivity index (χ4v) is 1.98. The van der Waals surface area contributed by atoms with Crippen molar-refractivity contribution in [2.24, 2.45) is 5.84 Å². The van der Waals surface area contributed by atoms with Crippen LogP contribution in [0.3, 0.4) is 0 Å². The number of benzene rings is 2. The molecule has 3 N–H and O–H groups in total. The summed E-state index contributed by atoms with van der Waals surface area (Å²) in [6.45, 7) is 0. The van der Waals surface area contributed by atoms with Gasteiger partial charge in [-0.15, -0.1) is 0 Å². The summed E-state index contributed by atoms with van der Waals surface area (Å²) in [6.07, 6.45) is 0.779. The Balaban J connectivity index is 2.21. The summed E-state index contributed by atoms with van der Waals surface area (Å²) >= 11 is 12.0. The maximum absolute atomic E-state index is 6.17. The van der Waals surface area contributed by atoms with Crippen LogP contribution < -0.4 is 11.3 Å². The maximum atomic E-state index is 6.17. The van der Waals surface area contributed by atoms with Crippen LogP contribution in [-0.2, 0) is 6.42 Å². The smallest absolute Gasteiger partial charge is 0.0500 e. The molecule has 0 aromatic heterocycles. The van der Waals surface area contributed by atoms with Crippen molar-refractivity contribution in [3.05, 3.63) is 63.6 Å². The van der Waals surface area contributed by atoms with E-state index in [1.165, 1.54) is 5.56 Å². The Bertz CT molecular complexity index is 509. The molecular formula is C13H12Cl2N2. The van der Waals surface area contributed by atoms with E-state index in [-0.39, 0.29) is 0 Å². The van der Waals surface area contributed by atoms with Crippen molar-refractivity contribution in [1.29, 1.82) is 0 Å². The van der Waals surface area contributed by atoms with Crippen molar-refractivity contribution in [3.63, 3.8) is 0 Å². The predicted molar refractivity (Wildman–Crippen MR) is 73.5 cm³/mol. The number of nitrogen functional groups attached to an aromatic ring is 1. The first kappa shape index (κ1) is 12.2. The predicted octanol–water partition coefficient (Wildman–Crippen LogP) is 3.87. The van der Waals surface area contributed by atoms with Crippen molar-refractivity contribution in [2.45, 2.75) is 6.42 Å². The van der Waals surface area contributed by atoms with Crippen LogP contribution in [0.5, 0.6) is 0 Å². The monoisotopic (exact) mass is 266 g/mol. The van der Waals surface area contributed by atoms with E-state index in [4.69, 9.17) is 29.0 Å². The average Bonchev–Trinajstić information content (AvgIpc) is 2.34. The lowest BCUT2D eigenvalue weighted by Crippen LogP contribution is -2.06. The quantitative estimate of drug-likeness (QED) is 0.654. The van der Waals surface area contributed by atoms with Crippen LogP contribution in [0.2, 0.25) is 10.0 Å². The number of anilines is 1. The van der Waals surface area contributed by atoms with Crippen molar-refractivity contribution >= 4 is 28.9 Å². The first-order valence-corrected chi connectivity index (χ1v) is 5.94. The molecule has 2 rings (SSSR count). The van der Waals surface area contributed by atoms with Crippen LogP contribution in [-0.4, -0.2) is 0 Å². The van der Waals surface area contributed by atoms with Gasteiger partial charge in [-0.2, -0.15) is 0 Å². The number of hydrogen-bond donors (Lipinski definition) is 2. The molecule has 0 bridgehead atoms. The van der Waals surface area contributed by atoms with Gasteiger partial charge in [-0.05, 0) is 41.8 Å². The highest BCUT2D eigenvalue weighted by atomic mass is 35.5. The summed E-state index contributed by atoms with van der Waals surface area (Å²) in [7, 11) is 0. The van der Waals surface area contributed by atoms with Crippen LogP contribution in [0, 0.1) is 0 Å². The molecule has 0 aliphatic heterocycles. The Hall–Kier alpha value is -1.22. The molecule has 0 saturated heterocycles. The van der Waals surface area contributed by atoms with Crippen molar-refractivity contribution in [3.8, 4) is 0 Å². The Morgan fingerprint density at radius 2 is 1.71 bits per heavy atom. The summed E-state index contributed by atoms with van der Waals surface area (Å²) in [5.74, 6) is 5.31. The van der Waals surface area contributed by atoms with Gasteiger partial charge in [0.1, 0.15) is 0 Å². The molecule has 88 valence electrons. The zero-order valence-electron chi connectivity index (χ0n) is 9.08. The molecule has 0 unspecified atom stereocenters. The molecule has 0 aliphatic rings. The molecule has 0 atom stereocenters. The van der Waals surface area contributed by atoms with Gasteiger partial charge in [-0.3, -0.25) is 5.84 Å². The number of nitrogens with one attached hydrogen (secondary N) is 1.